The zero-order valence-corrected chi connectivity index (χ0v) is 29.6. The Labute approximate surface area is 282 Å². The van der Waals surface area contributed by atoms with E-state index >= 15 is 0 Å². The zero-order chi connectivity index (χ0) is 31.1. The van der Waals surface area contributed by atoms with Crippen LogP contribution in [0.4, 0.5) is 0 Å². The Morgan fingerprint density at radius 3 is 2.02 bits per heavy atom. The number of benzene rings is 4. The molecular formula is C42H40IrN2-2. The maximum Gasteiger partial charge on any atom is 0.0163 e. The second-order valence-corrected chi connectivity index (χ2v) is 13.8. The van der Waals surface area contributed by atoms with Crippen LogP contribution < -0.4 is 0 Å². The molecule has 0 unspecified atom stereocenters. The summed E-state index contributed by atoms with van der Waals surface area (Å²) >= 11 is 0. The molecule has 2 aromatic heterocycles. The van der Waals surface area contributed by atoms with E-state index in [4.69, 9.17) is 4.98 Å². The summed E-state index contributed by atoms with van der Waals surface area (Å²) in [5.41, 5.74) is 10.8. The fourth-order valence-electron chi connectivity index (χ4n) is 6.71. The van der Waals surface area contributed by atoms with Crippen molar-refractivity contribution in [3.05, 3.63) is 155 Å². The predicted octanol–water partition coefficient (Wildman–Crippen LogP) is 10.5. The normalized spacial score (nSPS) is 14.3. The minimum atomic E-state index is -0.173. The largest absolute Gasteiger partial charge is 0.305 e. The molecule has 0 fully saturated rings. The summed E-state index contributed by atoms with van der Waals surface area (Å²) in [6.07, 6.45) is 3.74. The van der Waals surface area contributed by atoms with E-state index in [9.17, 15) is 0 Å². The van der Waals surface area contributed by atoms with Crippen LogP contribution in [0.1, 0.15) is 76.3 Å². The molecule has 1 radical (unpaired) electrons. The summed E-state index contributed by atoms with van der Waals surface area (Å²) in [5, 5.41) is 2.65. The Kier molecular flexibility index (Phi) is 9.00. The molecule has 0 spiro atoms. The molecule has 2 nitrogen and oxygen atoms in total. The number of pyridine rings is 2. The van der Waals surface area contributed by atoms with E-state index in [1.807, 2.05) is 48.7 Å². The third-order valence-corrected chi connectivity index (χ3v) is 9.05. The predicted molar refractivity (Wildman–Crippen MR) is 184 cm³/mol. The number of hydrogen-bond acceptors (Lipinski definition) is 2. The first-order valence-electron chi connectivity index (χ1n) is 15.4. The minimum absolute atomic E-state index is 0. The van der Waals surface area contributed by atoms with E-state index in [-0.39, 0.29) is 36.4 Å². The van der Waals surface area contributed by atoms with E-state index in [1.54, 1.807) is 6.20 Å². The molecule has 0 saturated carbocycles. The number of rotatable bonds is 2. The summed E-state index contributed by atoms with van der Waals surface area (Å²) in [6.45, 7) is 16.2. The van der Waals surface area contributed by atoms with Gasteiger partial charge in [0.2, 0.25) is 0 Å². The molecule has 3 heteroatoms. The van der Waals surface area contributed by atoms with E-state index in [0.717, 1.165) is 22.5 Å². The molecule has 229 valence electrons. The second kappa shape index (κ2) is 12.5. The van der Waals surface area contributed by atoms with Crippen LogP contribution in [0, 0.1) is 12.1 Å². The number of hydrogen-bond donors (Lipinski definition) is 0. The van der Waals surface area contributed by atoms with E-state index < -0.39 is 0 Å². The maximum absolute atomic E-state index is 4.83. The van der Waals surface area contributed by atoms with Gasteiger partial charge < -0.3 is 9.97 Å². The summed E-state index contributed by atoms with van der Waals surface area (Å²) in [4.78, 5) is 9.05. The summed E-state index contributed by atoms with van der Waals surface area (Å²) in [5.74, 6) is 0. The van der Waals surface area contributed by atoms with Gasteiger partial charge in [-0.3, -0.25) is 0 Å². The Morgan fingerprint density at radius 2 is 1.31 bits per heavy atom. The molecule has 1 aliphatic rings. The molecule has 1 aliphatic carbocycles. The van der Waals surface area contributed by atoms with Crippen molar-refractivity contribution in [2.24, 2.45) is 0 Å². The first kappa shape index (κ1) is 32.5. The van der Waals surface area contributed by atoms with Gasteiger partial charge in [-0.25, -0.2) is 0 Å². The first-order valence-corrected chi connectivity index (χ1v) is 15.4. The molecule has 0 bridgehead atoms. The molecular weight excluding hydrogens is 725 g/mol. The monoisotopic (exact) mass is 765 g/mol. The SMILES string of the molecule is CC(C)(C)c1ccnc(-c2[c-]ccc3c2C(C)(C)c2c(ccc4ccccc24)C3(C)C)c1.[Ir].[c-]1ccccc1-c1ccccn1. The van der Waals surface area contributed by atoms with Crippen LogP contribution in [-0.2, 0) is 36.4 Å². The summed E-state index contributed by atoms with van der Waals surface area (Å²) < 4.78 is 0. The van der Waals surface area contributed by atoms with Crippen molar-refractivity contribution in [2.75, 3.05) is 0 Å². The molecule has 0 saturated heterocycles. The topological polar surface area (TPSA) is 25.8 Å². The Balaban J connectivity index is 0.000000258. The minimum Gasteiger partial charge on any atom is -0.305 e. The third-order valence-electron chi connectivity index (χ3n) is 9.05. The van der Waals surface area contributed by atoms with E-state index in [2.05, 4.69) is 126 Å². The molecule has 2 heterocycles. The van der Waals surface area contributed by atoms with Crippen LogP contribution in [0.2, 0.25) is 0 Å². The van der Waals surface area contributed by atoms with Crippen LogP contribution in [0.5, 0.6) is 0 Å². The fourth-order valence-corrected chi connectivity index (χ4v) is 6.71. The Hall–Kier alpha value is -3.91. The van der Waals surface area contributed by atoms with Gasteiger partial charge in [-0.2, -0.15) is 0 Å². The Morgan fingerprint density at radius 1 is 0.600 bits per heavy atom. The van der Waals surface area contributed by atoms with Gasteiger partial charge in [0, 0.05) is 32.5 Å². The van der Waals surface area contributed by atoms with Gasteiger partial charge in [0.1, 0.15) is 0 Å². The Bertz CT molecular complexity index is 1900. The molecule has 4 aromatic carbocycles. The van der Waals surface area contributed by atoms with E-state index in [0.29, 0.717) is 0 Å². The van der Waals surface area contributed by atoms with Crippen molar-refractivity contribution >= 4 is 10.8 Å². The first-order chi connectivity index (χ1) is 21.0. The molecule has 0 atom stereocenters. The maximum atomic E-state index is 4.83. The van der Waals surface area contributed by atoms with Gasteiger partial charge in [-0.15, -0.1) is 70.8 Å². The van der Waals surface area contributed by atoms with Crippen LogP contribution in [0.25, 0.3) is 33.3 Å². The third kappa shape index (κ3) is 6.04. The molecule has 6 aromatic rings. The van der Waals surface area contributed by atoms with Crippen molar-refractivity contribution in [1.29, 1.82) is 0 Å². The van der Waals surface area contributed by atoms with Crippen molar-refractivity contribution in [1.82, 2.24) is 9.97 Å². The quantitative estimate of drug-likeness (QED) is 0.164. The van der Waals surface area contributed by atoms with Crippen LogP contribution in [0.3, 0.4) is 0 Å². The van der Waals surface area contributed by atoms with Gasteiger partial charge in [0.15, 0.2) is 0 Å². The van der Waals surface area contributed by atoms with Gasteiger partial charge in [0.25, 0.3) is 0 Å². The summed E-state index contributed by atoms with van der Waals surface area (Å²) in [7, 11) is 0. The van der Waals surface area contributed by atoms with E-state index in [1.165, 1.54) is 38.6 Å². The molecule has 7 rings (SSSR count). The number of aromatic nitrogens is 2. The molecule has 0 N–H and O–H groups in total. The smallest absolute Gasteiger partial charge is 0.0163 e. The van der Waals surface area contributed by atoms with Crippen LogP contribution in [0.15, 0.2) is 116 Å². The molecule has 45 heavy (non-hydrogen) atoms. The fraction of sp³-hybridized carbons (Fsp3) is 0.238. The average Bonchev–Trinajstić information content (AvgIpc) is 3.04. The van der Waals surface area contributed by atoms with Gasteiger partial charge in [-0.05, 0) is 67.2 Å². The van der Waals surface area contributed by atoms with Crippen molar-refractivity contribution in [3.63, 3.8) is 0 Å². The van der Waals surface area contributed by atoms with Gasteiger partial charge >= 0.3 is 0 Å². The van der Waals surface area contributed by atoms with Crippen molar-refractivity contribution in [2.45, 2.75) is 64.7 Å². The molecule has 0 aliphatic heterocycles. The van der Waals surface area contributed by atoms with Crippen molar-refractivity contribution < 1.29 is 20.1 Å². The second-order valence-electron chi connectivity index (χ2n) is 13.8. The summed E-state index contributed by atoms with van der Waals surface area (Å²) in [6, 6.07) is 42.6. The van der Waals surface area contributed by atoms with Gasteiger partial charge in [-0.1, -0.05) is 103 Å². The van der Waals surface area contributed by atoms with Crippen LogP contribution >= 0.6 is 0 Å². The average molecular weight is 765 g/mol. The molecule has 0 amide bonds. The van der Waals surface area contributed by atoms with Crippen molar-refractivity contribution in [3.8, 4) is 22.5 Å². The number of nitrogens with zero attached hydrogens (tertiary/aromatic N) is 2. The zero-order valence-electron chi connectivity index (χ0n) is 27.2. The van der Waals surface area contributed by atoms with Gasteiger partial charge in [0.05, 0.1) is 0 Å². The van der Waals surface area contributed by atoms with Crippen LogP contribution in [-0.4, -0.2) is 9.97 Å². The standard InChI is InChI=1S/C31H32N.C11H8N.Ir/c1-29(2,3)21-17-18-32-26(19-21)23-13-10-14-24-28(23)31(6,7)27-22-12-9-8-11-20(22)15-16-25(27)30(24,4)5;1-2-6-10(7-3-1)11-8-4-5-9-12-11;/h8-12,14-19H,1-7H3;1-6,8-9H;/q2*-1;. The number of fused-ring (bicyclic) bond motifs is 4.